The van der Waals surface area contributed by atoms with Crippen LogP contribution in [0.3, 0.4) is 0 Å². The molecule has 0 saturated heterocycles. The normalized spacial score (nSPS) is 10.6. The molecule has 7 nitrogen and oxygen atoms in total. The van der Waals surface area contributed by atoms with Gasteiger partial charge in [0.1, 0.15) is 21.5 Å². The van der Waals surface area contributed by atoms with Gasteiger partial charge in [0.2, 0.25) is 0 Å². The minimum atomic E-state index is -0.514. The lowest BCUT2D eigenvalue weighted by Crippen LogP contribution is -2.09. The van der Waals surface area contributed by atoms with Gasteiger partial charge in [0, 0.05) is 11.5 Å². The number of thiophene rings is 1. The number of esters is 1. The lowest BCUT2D eigenvalue weighted by molar-refractivity contribution is 0.0473. The Morgan fingerprint density at radius 1 is 1.46 bits per heavy atom. The standard InChI is InChI=1S/C14H10ClN3O4S2/c1-7-5-10(16-13(19)9-3-2-4-21-9)23-11(7)14(20)22-6-8-12(15)24-18-17-8/h2-5H,6H2,1H3,(H,16,19). The van der Waals surface area contributed by atoms with Gasteiger partial charge in [-0.15, -0.1) is 16.4 Å². The Morgan fingerprint density at radius 2 is 2.29 bits per heavy atom. The molecule has 0 aliphatic carbocycles. The van der Waals surface area contributed by atoms with Crippen molar-refractivity contribution in [2.24, 2.45) is 0 Å². The number of hydrogen-bond acceptors (Lipinski definition) is 8. The van der Waals surface area contributed by atoms with E-state index in [1.165, 1.54) is 6.26 Å². The van der Waals surface area contributed by atoms with Crippen LogP contribution in [0.4, 0.5) is 5.00 Å². The molecule has 0 bridgehead atoms. The molecule has 0 unspecified atom stereocenters. The third-order valence-electron chi connectivity index (χ3n) is 2.93. The van der Waals surface area contributed by atoms with Crippen LogP contribution >= 0.6 is 34.5 Å². The molecule has 0 aliphatic rings. The summed E-state index contributed by atoms with van der Waals surface area (Å²) < 4.78 is 14.3. The summed E-state index contributed by atoms with van der Waals surface area (Å²) >= 11 is 8.00. The van der Waals surface area contributed by atoms with Crippen LogP contribution in [-0.4, -0.2) is 21.5 Å². The fraction of sp³-hybridized carbons (Fsp3) is 0.143. The van der Waals surface area contributed by atoms with Crippen LogP contribution < -0.4 is 5.32 Å². The number of furan rings is 1. The van der Waals surface area contributed by atoms with Crippen molar-refractivity contribution < 1.29 is 18.7 Å². The van der Waals surface area contributed by atoms with Crippen molar-refractivity contribution in [1.29, 1.82) is 0 Å². The Balaban J connectivity index is 1.66. The zero-order chi connectivity index (χ0) is 17.1. The average Bonchev–Trinajstić information content (AvgIpc) is 3.26. The fourth-order valence-electron chi connectivity index (χ4n) is 1.81. The summed E-state index contributed by atoms with van der Waals surface area (Å²) in [6.45, 7) is 1.70. The van der Waals surface area contributed by atoms with Gasteiger partial charge in [-0.05, 0) is 30.7 Å². The summed E-state index contributed by atoms with van der Waals surface area (Å²) in [5, 5.41) is 6.97. The van der Waals surface area contributed by atoms with Gasteiger partial charge in [0.25, 0.3) is 5.91 Å². The van der Waals surface area contributed by atoms with Crippen LogP contribution in [0.5, 0.6) is 0 Å². The van der Waals surface area contributed by atoms with Gasteiger partial charge in [-0.25, -0.2) is 4.79 Å². The van der Waals surface area contributed by atoms with Crippen molar-refractivity contribution in [3.8, 4) is 0 Å². The van der Waals surface area contributed by atoms with Crippen molar-refractivity contribution in [2.45, 2.75) is 13.5 Å². The summed E-state index contributed by atoms with van der Waals surface area (Å²) in [5.41, 5.74) is 1.11. The van der Waals surface area contributed by atoms with Crippen molar-refractivity contribution >= 4 is 51.3 Å². The Bertz CT molecular complexity index is 873. The average molecular weight is 384 g/mol. The number of amides is 1. The number of aromatic nitrogens is 2. The topological polar surface area (TPSA) is 94.3 Å². The van der Waals surface area contributed by atoms with Gasteiger partial charge < -0.3 is 14.5 Å². The quantitative estimate of drug-likeness (QED) is 0.674. The van der Waals surface area contributed by atoms with Gasteiger partial charge in [0.05, 0.1) is 11.3 Å². The Hall–Kier alpha value is -2.23. The molecule has 0 saturated carbocycles. The van der Waals surface area contributed by atoms with E-state index in [-0.39, 0.29) is 18.3 Å². The number of ether oxygens (including phenoxy) is 1. The zero-order valence-corrected chi connectivity index (χ0v) is 14.6. The van der Waals surface area contributed by atoms with Crippen molar-refractivity contribution in [3.63, 3.8) is 0 Å². The number of nitrogens with one attached hydrogen (secondary N) is 1. The third-order valence-corrected chi connectivity index (χ3v) is 5.05. The number of aryl methyl sites for hydroxylation is 1. The predicted molar refractivity (Wildman–Crippen MR) is 89.8 cm³/mol. The van der Waals surface area contributed by atoms with Crippen LogP contribution in [0.15, 0.2) is 28.9 Å². The van der Waals surface area contributed by atoms with Crippen LogP contribution in [0.25, 0.3) is 0 Å². The first-order chi connectivity index (χ1) is 11.5. The Labute approximate surface area is 149 Å². The molecule has 0 spiro atoms. The summed E-state index contributed by atoms with van der Waals surface area (Å²) in [7, 11) is 0. The van der Waals surface area contributed by atoms with Gasteiger partial charge in [-0.2, -0.15) is 0 Å². The minimum Gasteiger partial charge on any atom is -0.459 e. The molecule has 1 amide bonds. The number of hydrogen-bond donors (Lipinski definition) is 1. The second-order valence-corrected chi connectivity index (χ2v) is 7.03. The lowest BCUT2D eigenvalue weighted by atomic mass is 10.3. The highest BCUT2D eigenvalue weighted by Gasteiger charge is 2.18. The highest BCUT2D eigenvalue weighted by molar-refractivity contribution is 7.18. The highest BCUT2D eigenvalue weighted by Crippen LogP contribution is 2.28. The first kappa shape index (κ1) is 16.6. The van der Waals surface area contributed by atoms with Gasteiger partial charge >= 0.3 is 5.97 Å². The second kappa shape index (κ2) is 7.12. The van der Waals surface area contributed by atoms with E-state index in [4.69, 9.17) is 20.8 Å². The van der Waals surface area contributed by atoms with E-state index in [0.717, 1.165) is 22.9 Å². The minimum absolute atomic E-state index is 0.0560. The maximum Gasteiger partial charge on any atom is 0.349 e. The van der Waals surface area contributed by atoms with E-state index < -0.39 is 5.97 Å². The Kier molecular flexibility index (Phi) is 4.93. The van der Waals surface area contributed by atoms with Gasteiger partial charge in [-0.1, -0.05) is 16.1 Å². The van der Waals surface area contributed by atoms with Crippen LogP contribution in [0, 0.1) is 6.92 Å². The molecular weight excluding hydrogens is 374 g/mol. The first-order valence-corrected chi connectivity index (χ1v) is 8.60. The number of anilines is 1. The fourth-order valence-corrected chi connectivity index (χ4v) is 3.37. The van der Waals surface area contributed by atoms with E-state index in [2.05, 4.69) is 14.9 Å². The molecule has 0 fully saturated rings. The molecule has 3 rings (SSSR count). The summed E-state index contributed by atoms with van der Waals surface area (Å²) in [4.78, 5) is 24.5. The van der Waals surface area contributed by atoms with Crippen LogP contribution in [0.2, 0.25) is 4.34 Å². The SMILES string of the molecule is Cc1cc(NC(=O)c2ccco2)sc1C(=O)OCc1nnsc1Cl. The summed E-state index contributed by atoms with van der Waals surface area (Å²) in [6.07, 6.45) is 1.41. The number of nitrogens with zero attached hydrogens (tertiary/aromatic N) is 2. The number of carbonyl (C=O) groups is 2. The molecule has 3 heterocycles. The third kappa shape index (κ3) is 3.64. The molecule has 0 atom stereocenters. The molecule has 24 heavy (non-hydrogen) atoms. The molecule has 0 aromatic carbocycles. The Morgan fingerprint density at radius 3 is 2.96 bits per heavy atom. The first-order valence-electron chi connectivity index (χ1n) is 6.63. The van der Waals surface area contributed by atoms with E-state index in [9.17, 15) is 9.59 Å². The van der Waals surface area contributed by atoms with E-state index >= 15 is 0 Å². The monoisotopic (exact) mass is 383 g/mol. The number of halogens is 1. The molecule has 0 aliphatic heterocycles. The summed E-state index contributed by atoms with van der Waals surface area (Å²) in [5.74, 6) is -0.711. The zero-order valence-electron chi connectivity index (χ0n) is 12.2. The molecule has 3 aromatic heterocycles. The molecule has 124 valence electrons. The van der Waals surface area contributed by atoms with Gasteiger partial charge in [-0.3, -0.25) is 4.79 Å². The largest absolute Gasteiger partial charge is 0.459 e. The van der Waals surface area contributed by atoms with Crippen LogP contribution in [-0.2, 0) is 11.3 Å². The van der Waals surface area contributed by atoms with Crippen molar-refractivity contribution in [3.05, 3.63) is 50.7 Å². The van der Waals surface area contributed by atoms with E-state index in [1.807, 2.05) is 0 Å². The van der Waals surface area contributed by atoms with E-state index in [0.29, 0.717) is 25.5 Å². The van der Waals surface area contributed by atoms with Crippen LogP contribution in [0.1, 0.15) is 31.5 Å². The van der Waals surface area contributed by atoms with E-state index in [1.54, 1.807) is 25.1 Å². The maximum absolute atomic E-state index is 12.2. The predicted octanol–water partition coefficient (Wildman–Crippen LogP) is 3.76. The highest BCUT2D eigenvalue weighted by atomic mass is 35.5. The summed E-state index contributed by atoms with van der Waals surface area (Å²) in [6, 6.07) is 4.87. The molecular formula is C14H10ClN3O4S2. The van der Waals surface area contributed by atoms with Gasteiger partial charge in [0.15, 0.2) is 5.76 Å². The second-order valence-electron chi connectivity index (χ2n) is 4.62. The molecule has 1 N–H and O–H groups in total. The maximum atomic E-state index is 12.2. The number of carbonyl (C=O) groups excluding carboxylic acids is 2. The molecule has 0 radical (unpaired) electrons. The molecule has 3 aromatic rings. The smallest absolute Gasteiger partial charge is 0.349 e. The number of rotatable bonds is 5. The van der Waals surface area contributed by atoms with Crippen molar-refractivity contribution in [2.75, 3.05) is 5.32 Å². The lowest BCUT2D eigenvalue weighted by Gasteiger charge is -2.01. The van der Waals surface area contributed by atoms with Crippen molar-refractivity contribution in [1.82, 2.24) is 9.59 Å². The molecule has 10 heteroatoms.